The third kappa shape index (κ3) is 8.55. The van der Waals surface area contributed by atoms with Crippen LogP contribution in [0, 0.1) is 23.7 Å². The van der Waals surface area contributed by atoms with Crippen LogP contribution < -0.4 is 4.90 Å². The van der Waals surface area contributed by atoms with Gasteiger partial charge in [0.05, 0.1) is 34.4 Å². The number of halogens is 9. The fourth-order valence-corrected chi connectivity index (χ4v) is 5.59. The Morgan fingerprint density at radius 2 is 1.56 bits per heavy atom. The zero-order chi connectivity index (χ0) is 35.6. The van der Waals surface area contributed by atoms with Gasteiger partial charge < -0.3 is 9.80 Å². The molecule has 1 atom stereocenters. The lowest BCUT2D eigenvalue weighted by Gasteiger charge is -2.34. The number of nitrogens with zero attached hydrogens (tertiary/aromatic N) is 6. The van der Waals surface area contributed by atoms with Crippen molar-refractivity contribution in [1.29, 1.82) is 10.7 Å². The van der Waals surface area contributed by atoms with E-state index in [0.29, 0.717) is 29.7 Å². The fraction of sp³-hybridized carbons (Fsp3) is 0.375. The Labute approximate surface area is 270 Å². The molecule has 4 rings (SSSR count). The fourth-order valence-electron chi connectivity index (χ4n) is 5.59. The van der Waals surface area contributed by atoms with Crippen LogP contribution in [0.15, 0.2) is 64.9 Å². The van der Waals surface area contributed by atoms with Crippen molar-refractivity contribution in [1.82, 2.24) is 9.91 Å². The molecule has 0 fully saturated rings. The molecule has 0 radical (unpaired) electrons. The molecule has 48 heavy (non-hydrogen) atoms. The van der Waals surface area contributed by atoms with Crippen LogP contribution in [0.3, 0.4) is 0 Å². The maximum Gasteiger partial charge on any atom is 0.416 e. The standard InChI is InChI=1S/C32H30F9N7/c1-19-10-25-27(8-5-9-47(28(25)15-26(19)32(39,40)41)17-21-7-4-6-20(11-21)16-42)48(29(43)44-45-46(2)3)18-22-12-23(30(33,34)35)14-24(13-22)31(36,37)38/h4,6-7,10-15,27,43H,5,8-9,17-18H2,1-3H3/b43-29?,45-44-/t27-/m0/s1. The van der Waals surface area contributed by atoms with Crippen LogP contribution in [0.2, 0.25) is 0 Å². The number of benzene rings is 3. The number of hydrogen-bond acceptors (Lipinski definition) is 4. The number of nitrogens with one attached hydrogen (secondary N) is 1. The average molecular weight is 684 g/mol. The first-order chi connectivity index (χ1) is 22.3. The summed E-state index contributed by atoms with van der Waals surface area (Å²) in [6.07, 6.45) is -14.5. The predicted molar refractivity (Wildman–Crippen MR) is 159 cm³/mol. The van der Waals surface area contributed by atoms with Gasteiger partial charge in [0.1, 0.15) is 0 Å². The summed E-state index contributed by atoms with van der Waals surface area (Å²) >= 11 is 0. The Morgan fingerprint density at radius 1 is 0.917 bits per heavy atom. The van der Waals surface area contributed by atoms with Crippen molar-refractivity contribution in [2.75, 3.05) is 25.5 Å². The molecule has 0 spiro atoms. The Morgan fingerprint density at radius 3 is 2.12 bits per heavy atom. The van der Waals surface area contributed by atoms with Crippen LogP contribution >= 0.6 is 0 Å². The molecule has 1 N–H and O–H groups in total. The van der Waals surface area contributed by atoms with Crippen molar-refractivity contribution in [3.63, 3.8) is 0 Å². The predicted octanol–water partition coefficient (Wildman–Crippen LogP) is 9.13. The van der Waals surface area contributed by atoms with Crippen LogP contribution in [-0.2, 0) is 31.6 Å². The highest BCUT2D eigenvalue weighted by molar-refractivity contribution is 5.78. The van der Waals surface area contributed by atoms with Crippen molar-refractivity contribution in [2.24, 2.45) is 10.3 Å². The van der Waals surface area contributed by atoms with Gasteiger partial charge in [-0.2, -0.15) is 44.8 Å². The quantitative estimate of drug-likeness (QED) is 0.0924. The molecule has 0 saturated carbocycles. The summed E-state index contributed by atoms with van der Waals surface area (Å²) < 4.78 is 125. The summed E-state index contributed by atoms with van der Waals surface area (Å²) in [5.74, 6) is -0.627. The van der Waals surface area contributed by atoms with E-state index in [2.05, 4.69) is 10.3 Å². The number of nitriles is 1. The Balaban J connectivity index is 1.91. The molecule has 3 aromatic rings. The topological polar surface area (TPSA) is 82.1 Å². The van der Waals surface area contributed by atoms with E-state index < -0.39 is 59.3 Å². The molecule has 3 aromatic carbocycles. The first-order valence-corrected chi connectivity index (χ1v) is 14.5. The summed E-state index contributed by atoms with van der Waals surface area (Å²) in [6, 6.07) is 10.8. The van der Waals surface area contributed by atoms with Crippen molar-refractivity contribution in [3.8, 4) is 6.07 Å². The van der Waals surface area contributed by atoms with Crippen LogP contribution in [0.5, 0.6) is 0 Å². The maximum absolute atomic E-state index is 14.2. The first-order valence-electron chi connectivity index (χ1n) is 14.5. The number of fused-ring (bicyclic) bond motifs is 1. The highest BCUT2D eigenvalue weighted by Crippen LogP contribution is 2.44. The molecule has 0 saturated heterocycles. The molecule has 1 heterocycles. The highest BCUT2D eigenvalue weighted by Gasteiger charge is 2.39. The van der Waals surface area contributed by atoms with E-state index in [1.54, 1.807) is 29.2 Å². The van der Waals surface area contributed by atoms with E-state index in [4.69, 9.17) is 5.41 Å². The van der Waals surface area contributed by atoms with E-state index in [9.17, 15) is 44.8 Å². The summed E-state index contributed by atoms with van der Waals surface area (Å²) in [5, 5.41) is 26.9. The third-order valence-electron chi connectivity index (χ3n) is 7.68. The number of anilines is 1. The largest absolute Gasteiger partial charge is 0.416 e. The van der Waals surface area contributed by atoms with Crippen molar-refractivity contribution in [2.45, 2.75) is 57.4 Å². The van der Waals surface area contributed by atoms with E-state index in [-0.39, 0.29) is 42.4 Å². The molecular weight excluding hydrogens is 653 g/mol. The minimum atomic E-state index is -5.12. The molecule has 0 amide bonds. The second-order valence-corrected chi connectivity index (χ2v) is 11.5. The number of guanidine groups is 1. The molecule has 256 valence electrons. The van der Waals surface area contributed by atoms with E-state index in [1.807, 2.05) is 6.07 Å². The average Bonchev–Trinajstić information content (AvgIpc) is 3.15. The molecule has 0 aliphatic carbocycles. The number of hydrogen-bond donors (Lipinski definition) is 1. The molecule has 0 aromatic heterocycles. The second kappa shape index (κ2) is 13.7. The molecule has 1 aliphatic heterocycles. The first kappa shape index (κ1) is 36.0. The van der Waals surface area contributed by atoms with E-state index >= 15 is 0 Å². The zero-order valence-electron chi connectivity index (χ0n) is 25.9. The van der Waals surface area contributed by atoms with Gasteiger partial charge in [-0.25, -0.2) is 0 Å². The van der Waals surface area contributed by atoms with Gasteiger partial charge >= 0.3 is 18.5 Å². The molecule has 7 nitrogen and oxygen atoms in total. The van der Waals surface area contributed by atoms with Crippen LogP contribution in [-0.4, -0.2) is 36.5 Å². The third-order valence-corrected chi connectivity index (χ3v) is 7.68. The number of alkyl halides is 9. The van der Waals surface area contributed by atoms with Crippen LogP contribution in [0.4, 0.5) is 45.2 Å². The second-order valence-electron chi connectivity index (χ2n) is 11.5. The van der Waals surface area contributed by atoms with Gasteiger partial charge in [-0.15, -0.1) is 0 Å². The van der Waals surface area contributed by atoms with Gasteiger partial charge in [0.2, 0.25) is 5.96 Å². The molecule has 16 heteroatoms. The molecule has 0 unspecified atom stereocenters. The monoisotopic (exact) mass is 683 g/mol. The van der Waals surface area contributed by atoms with E-state index in [1.165, 1.54) is 32.1 Å². The lowest BCUT2D eigenvalue weighted by Crippen LogP contribution is -2.33. The SMILES string of the molecule is Cc1cc2c(cc1C(F)(F)F)N(Cc1cccc(C#N)c1)CCC[C@@H]2N(Cc1cc(C(F)(F)F)cc(C(F)(F)F)c1)C(=N)/N=N\N(C)C. The summed E-state index contributed by atoms with van der Waals surface area (Å²) in [7, 11) is 2.96. The zero-order valence-corrected chi connectivity index (χ0v) is 25.9. The maximum atomic E-state index is 14.2. The number of aryl methyl sites for hydroxylation is 1. The van der Waals surface area contributed by atoms with Crippen molar-refractivity contribution < 1.29 is 39.5 Å². The summed E-state index contributed by atoms with van der Waals surface area (Å²) in [5.41, 5.74) is -3.30. The van der Waals surface area contributed by atoms with Gasteiger partial charge in [-0.1, -0.05) is 28.5 Å². The van der Waals surface area contributed by atoms with Gasteiger partial charge in [-0.3, -0.25) is 10.4 Å². The summed E-state index contributed by atoms with van der Waals surface area (Å²) in [6.45, 7) is 0.876. The minimum Gasteiger partial charge on any atom is -0.367 e. The van der Waals surface area contributed by atoms with Crippen LogP contribution in [0.25, 0.3) is 0 Å². The Kier molecular flexibility index (Phi) is 10.3. The van der Waals surface area contributed by atoms with Gasteiger partial charge in [0.15, 0.2) is 0 Å². The van der Waals surface area contributed by atoms with Crippen molar-refractivity contribution in [3.05, 3.63) is 99.1 Å². The Hall–Kier alpha value is -4.81. The molecule has 1 aliphatic rings. The van der Waals surface area contributed by atoms with Gasteiger partial charge in [-0.05, 0) is 78.4 Å². The minimum absolute atomic E-state index is 0.00687. The highest BCUT2D eigenvalue weighted by atomic mass is 19.4. The van der Waals surface area contributed by atoms with Crippen LogP contribution in [0.1, 0.15) is 63.4 Å². The van der Waals surface area contributed by atoms with Gasteiger partial charge in [0.25, 0.3) is 0 Å². The number of rotatable bonds is 6. The molecular formula is C32H30F9N7. The van der Waals surface area contributed by atoms with Gasteiger partial charge in [0, 0.05) is 39.4 Å². The Bertz CT molecular complexity index is 1690. The lowest BCUT2D eigenvalue weighted by atomic mass is 9.94. The normalized spacial score (nSPS) is 15.6. The smallest absolute Gasteiger partial charge is 0.367 e. The van der Waals surface area contributed by atoms with E-state index in [0.717, 1.165) is 11.0 Å². The van der Waals surface area contributed by atoms with Crippen molar-refractivity contribution >= 4 is 11.6 Å². The lowest BCUT2D eigenvalue weighted by molar-refractivity contribution is -0.143. The summed E-state index contributed by atoms with van der Waals surface area (Å²) in [4.78, 5) is 2.82. The molecule has 0 bridgehead atoms.